The lowest BCUT2D eigenvalue weighted by atomic mass is 10.2. The summed E-state index contributed by atoms with van der Waals surface area (Å²) < 4.78 is 5.37. The molecule has 1 aromatic carbocycles. The Morgan fingerprint density at radius 3 is 2.57 bits per heavy atom. The minimum atomic E-state index is 0.230. The van der Waals surface area contributed by atoms with Crippen LogP contribution in [0.3, 0.4) is 0 Å². The molecule has 2 nitrogen and oxygen atoms in total. The molecule has 0 unspecified atom stereocenters. The number of benzene rings is 1. The number of Topliss-reactive ketones (excluding diaryl/α,β-unsaturated/α-hetero) is 1. The third-order valence-corrected chi connectivity index (χ3v) is 2.43. The Balaban J connectivity index is 1.85. The van der Waals surface area contributed by atoms with Gasteiger partial charge in [0.05, 0.1) is 0 Å². The molecule has 0 N–H and O–H groups in total. The van der Waals surface area contributed by atoms with Gasteiger partial charge < -0.3 is 4.74 Å². The lowest BCUT2D eigenvalue weighted by Crippen LogP contribution is -2.12. The normalized spacial score (nSPS) is 15.2. The van der Waals surface area contributed by atoms with Crippen LogP contribution in [0.15, 0.2) is 24.3 Å². The molecule has 0 heterocycles. The first kappa shape index (κ1) is 9.25. The lowest BCUT2D eigenvalue weighted by Gasteiger charge is -2.04. The largest absolute Gasteiger partial charge is 0.486 e. The quantitative estimate of drug-likeness (QED) is 0.728. The molecule has 0 amide bonds. The topological polar surface area (TPSA) is 26.3 Å². The summed E-state index contributed by atoms with van der Waals surface area (Å²) in [6, 6.07) is 7.76. The van der Waals surface area contributed by atoms with E-state index in [2.05, 4.69) is 0 Å². The van der Waals surface area contributed by atoms with E-state index in [9.17, 15) is 4.79 Å². The van der Waals surface area contributed by atoms with Crippen LogP contribution in [0.1, 0.15) is 18.4 Å². The molecule has 1 saturated carbocycles. The molecule has 0 radical (unpaired) electrons. The molecule has 0 atom stereocenters. The number of hydrogen-bond acceptors (Lipinski definition) is 2. The number of ketones is 1. The van der Waals surface area contributed by atoms with E-state index >= 15 is 0 Å². The molecule has 0 aromatic heterocycles. The van der Waals surface area contributed by atoms with E-state index in [0.29, 0.717) is 5.92 Å². The monoisotopic (exact) mass is 190 g/mol. The van der Waals surface area contributed by atoms with Gasteiger partial charge in [-0.2, -0.15) is 0 Å². The number of ether oxygens (including phenoxy) is 1. The van der Waals surface area contributed by atoms with Crippen molar-refractivity contribution in [2.45, 2.75) is 19.8 Å². The van der Waals surface area contributed by atoms with E-state index in [1.807, 2.05) is 31.2 Å². The van der Waals surface area contributed by atoms with Crippen molar-refractivity contribution in [3.05, 3.63) is 29.8 Å². The average molecular weight is 190 g/mol. The molecule has 74 valence electrons. The molecule has 1 aliphatic carbocycles. The first-order valence-electron chi connectivity index (χ1n) is 4.98. The second-order valence-corrected chi connectivity index (χ2v) is 3.84. The van der Waals surface area contributed by atoms with Crippen LogP contribution in [0.4, 0.5) is 0 Å². The Kier molecular flexibility index (Phi) is 2.53. The third kappa shape index (κ3) is 2.34. The minimum absolute atomic E-state index is 0.230. The SMILES string of the molecule is Cc1ccc(OCC(=O)C2CC2)cc1. The van der Waals surface area contributed by atoms with E-state index in [1.165, 1.54) is 5.56 Å². The lowest BCUT2D eigenvalue weighted by molar-refractivity contribution is -0.122. The van der Waals surface area contributed by atoms with Crippen LogP contribution in [-0.4, -0.2) is 12.4 Å². The molecular weight excluding hydrogens is 176 g/mol. The standard InChI is InChI=1S/C12H14O2/c1-9-2-6-11(7-3-9)14-8-12(13)10-4-5-10/h2-3,6-7,10H,4-5,8H2,1H3. The predicted molar refractivity (Wildman–Crippen MR) is 54.4 cm³/mol. The highest BCUT2D eigenvalue weighted by Gasteiger charge is 2.29. The zero-order chi connectivity index (χ0) is 9.97. The van der Waals surface area contributed by atoms with Crippen LogP contribution in [0.2, 0.25) is 0 Å². The van der Waals surface area contributed by atoms with Crippen molar-refractivity contribution in [2.75, 3.05) is 6.61 Å². The first-order valence-corrected chi connectivity index (χ1v) is 4.98. The van der Waals surface area contributed by atoms with E-state index in [1.54, 1.807) is 0 Å². The summed E-state index contributed by atoms with van der Waals surface area (Å²) in [7, 11) is 0. The van der Waals surface area contributed by atoms with Gasteiger partial charge in [0, 0.05) is 5.92 Å². The van der Waals surface area contributed by atoms with Gasteiger partial charge in [-0.3, -0.25) is 4.79 Å². The molecule has 0 saturated heterocycles. The van der Waals surface area contributed by atoms with Crippen molar-refractivity contribution in [1.29, 1.82) is 0 Å². The fourth-order valence-electron chi connectivity index (χ4n) is 1.31. The van der Waals surface area contributed by atoms with Crippen molar-refractivity contribution in [3.63, 3.8) is 0 Å². The predicted octanol–water partition coefficient (Wildman–Crippen LogP) is 2.35. The molecule has 1 aromatic rings. The molecule has 0 aliphatic heterocycles. The van der Waals surface area contributed by atoms with Gasteiger partial charge >= 0.3 is 0 Å². The highest BCUT2D eigenvalue weighted by molar-refractivity contribution is 5.84. The Labute approximate surface area is 83.9 Å². The van der Waals surface area contributed by atoms with Crippen LogP contribution >= 0.6 is 0 Å². The van der Waals surface area contributed by atoms with E-state index < -0.39 is 0 Å². The summed E-state index contributed by atoms with van der Waals surface area (Å²) in [5, 5.41) is 0. The highest BCUT2D eigenvalue weighted by Crippen LogP contribution is 2.29. The second kappa shape index (κ2) is 3.82. The van der Waals surface area contributed by atoms with Crippen LogP contribution in [0.5, 0.6) is 5.75 Å². The van der Waals surface area contributed by atoms with Gasteiger partial charge in [-0.05, 0) is 31.9 Å². The van der Waals surface area contributed by atoms with Gasteiger partial charge in [0.1, 0.15) is 12.4 Å². The number of aryl methyl sites for hydroxylation is 1. The van der Waals surface area contributed by atoms with Gasteiger partial charge in [-0.25, -0.2) is 0 Å². The summed E-state index contributed by atoms with van der Waals surface area (Å²) in [5.41, 5.74) is 1.20. The minimum Gasteiger partial charge on any atom is -0.486 e. The van der Waals surface area contributed by atoms with Gasteiger partial charge in [0.2, 0.25) is 0 Å². The average Bonchev–Trinajstić information content (AvgIpc) is 3.00. The van der Waals surface area contributed by atoms with Crippen molar-refractivity contribution < 1.29 is 9.53 Å². The summed E-state index contributed by atoms with van der Waals surface area (Å²) in [4.78, 5) is 11.3. The Bertz CT molecular complexity index is 323. The Morgan fingerprint density at radius 1 is 1.36 bits per heavy atom. The maximum absolute atomic E-state index is 11.3. The third-order valence-electron chi connectivity index (χ3n) is 2.43. The van der Waals surface area contributed by atoms with Crippen molar-refractivity contribution in [3.8, 4) is 5.75 Å². The molecule has 1 aliphatic rings. The van der Waals surface area contributed by atoms with Crippen molar-refractivity contribution >= 4 is 5.78 Å². The van der Waals surface area contributed by atoms with Gasteiger partial charge in [0.25, 0.3) is 0 Å². The molecule has 0 spiro atoms. The molecule has 14 heavy (non-hydrogen) atoms. The molecule has 2 rings (SSSR count). The van der Waals surface area contributed by atoms with Crippen molar-refractivity contribution in [2.24, 2.45) is 5.92 Å². The molecule has 0 bridgehead atoms. The van der Waals surface area contributed by atoms with Crippen LogP contribution in [0, 0.1) is 12.8 Å². The van der Waals surface area contributed by atoms with E-state index in [4.69, 9.17) is 4.74 Å². The first-order chi connectivity index (χ1) is 6.75. The fraction of sp³-hybridized carbons (Fsp3) is 0.417. The van der Waals surface area contributed by atoms with Crippen LogP contribution in [0.25, 0.3) is 0 Å². The number of carbonyl (C=O) groups is 1. The summed E-state index contributed by atoms with van der Waals surface area (Å²) in [6.07, 6.45) is 2.10. The second-order valence-electron chi connectivity index (χ2n) is 3.84. The summed E-state index contributed by atoms with van der Waals surface area (Å²) >= 11 is 0. The van der Waals surface area contributed by atoms with Gasteiger partial charge in [0.15, 0.2) is 5.78 Å². The summed E-state index contributed by atoms with van der Waals surface area (Å²) in [5.74, 6) is 1.32. The van der Waals surface area contributed by atoms with E-state index in [-0.39, 0.29) is 12.4 Å². The molecular formula is C12H14O2. The number of hydrogen-bond donors (Lipinski definition) is 0. The molecule has 1 fully saturated rings. The molecule has 2 heteroatoms. The Hall–Kier alpha value is -1.31. The number of rotatable bonds is 4. The maximum Gasteiger partial charge on any atom is 0.173 e. The van der Waals surface area contributed by atoms with E-state index in [0.717, 1.165) is 18.6 Å². The fourth-order valence-corrected chi connectivity index (χ4v) is 1.31. The van der Waals surface area contributed by atoms with Gasteiger partial charge in [-0.15, -0.1) is 0 Å². The number of carbonyl (C=O) groups excluding carboxylic acids is 1. The highest BCUT2D eigenvalue weighted by atomic mass is 16.5. The Morgan fingerprint density at radius 2 is 2.00 bits per heavy atom. The summed E-state index contributed by atoms with van der Waals surface area (Å²) in [6.45, 7) is 2.26. The van der Waals surface area contributed by atoms with Crippen molar-refractivity contribution in [1.82, 2.24) is 0 Å². The zero-order valence-corrected chi connectivity index (χ0v) is 8.32. The zero-order valence-electron chi connectivity index (χ0n) is 8.32. The maximum atomic E-state index is 11.3. The van der Waals surface area contributed by atoms with Crippen LogP contribution < -0.4 is 4.74 Å². The van der Waals surface area contributed by atoms with Crippen LogP contribution in [-0.2, 0) is 4.79 Å². The van der Waals surface area contributed by atoms with Gasteiger partial charge in [-0.1, -0.05) is 17.7 Å². The smallest absolute Gasteiger partial charge is 0.173 e.